The maximum absolute atomic E-state index is 12.7. The van der Waals surface area contributed by atoms with Gasteiger partial charge in [0.25, 0.3) is 0 Å². The molecule has 0 aromatic heterocycles. The molecule has 1 fully saturated rings. The maximum atomic E-state index is 12.7. The number of nitrogens with one attached hydrogen (secondary N) is 1. The Bertz CT molecular complexity index is 761. The number of urea groups is 1. The predicted molar refractivity (Wildman–Crippen MR) is 90.1 cm³/mol. The second kappa shape index (κ2) is 5.57. The van der Waals surface area contributed by atoms with Crippen LogP contribution in [-0.2, 0) is 0 Å². The number of anilines is 2. The number of methoxy groups -OCH3 is 1. The van der Waals surface area contributed by atoms with Crippen LogP contribution in [0, 0.1) is 5.41 Å². The molecule has 1 aliphatic rings. The van der Waals surface area contributed by atoms with Crippen LogP contribution in [0.25, 0.3) is 0 Å². The summed E-state index contributed by atoms with van der Waals surface area (Å²) in [6.45, 7) is 0. The first kappa shape index (κ1) is 14.2. The molecule has 1 N–H and O–H groups in total. The number of thiocarbonyl (C=S) groups is 1. The Morgan fingerprint density at radius 1 is 1.00 bits per heavy atom. The van der Waals surface area contributed by atoms with Gasteiger partial charge in [-0.15, -0.1) is 0 Å². The van der Waals surface area contributed by atoms with Crippen LogP contribution < -0.4 is 14.5 Å². The summed E-state index contributed by atoms with van der Waals surface area (Å²) in [6, 6.07) is 15.7. The second-order valence-electron chi connectivity index (χ2n) is 4.64. The number of amides is 2. The zero-order valence-electron chi connectivity index (χ0n) is 11.8. The van der Waals surface area contributed by atoms with Crippen molar-refractivity contribution in [3.63, 3.8) is 0 Å². The lowest BCUT2D eigenvalue weighted by Gasteiger charge is -2.17. The van der Waals surface area contributed by atoms with Crippen LogP contribution in [0.1, 0.15) is 0 Å². The molecule has 1 heterocycles. The molecule has 3 rings (SSSR count). The van der Waals surface area contributed by atoms with Crippen LogP contribution in [0.2, 0.25) is 0 Å². The van der Waals surface area contributed by atoms with E-state index in [0.717, 1.165) is 0 Å². The average molecular weight is 311 g/mol. The predicted octanol–water partition coefficient (Wildman–Crippen LogP) is 3.45. The lowest BCUT2D eigenvalue weighted by atomic mass is 10.3. The Morgan fingerprint density at radius 3 is 2.36 bits per heavy atom. The lowest BCUT2D eigenvalue weighted by molar-refractivity contribution is 0.257. The van der Waals surface area contributed by atoms with E-state index >= 15 is 0 Å². The first-order valence-corrected chi connectivity index (χ1v) is 7.00. The minimum atomic E-state index is -0.366. The Hall–Kier alpha value is -2.73. The first-order chi connectivity index (χ1) is 10.6. The van der Waals surface area contributed by atoms with E-state index in [9.17, 15) is 4.79 Å². The molecule has 1 aliphatic heterocycles. The minimum Gasteiger partial charge on any atom is -0.497 e. The molecule has 0 aliphatic carbocycles. The summed E-state index contributed by atoms with van der Waals surface area (Å²) in [5.41, 5.74) is 1.20. The zero-order valence-corrected chi connectivity index (χ0v) is 12.6. The molecule has 2 aromatic carbocycles. The molecule has 0 bridgehead atoms. The summed E-state index contributed by atoms with van der Waals surface area (Å²) in [6.07, 6.45) is 0. The zero-order chi connectivity index (χ0) is 15.7. The van der Waals surface area contributed by atoms with E-state index in [2.05, 4.69) is 0 Å². The third-order valence-electron chi connectivity index (χ3n) is 3.34. The van der Waals surface area contributed by atoms with Crippen LogP contribution >= 0.6 is 12.2 Å². The number of rotatable bonds is 3. The van der Waals surface area contributed by atoms with E-state index in [4.69, 9.17) is 22.4 Å². The number of para-hydroxylation sites is 1. The Labute approximate surface area is 133 Å². The van der Waals surface area contributed by atoms with Gasteiger partial charge >= 0.3 is 6.03 Å². The number of ether oxygens (including phenoxy) is 1. The van der Waals surface area contributed by atoms with Crippen molar-refractivity contribution in [3.8, 4) is 5.75 Å². The summed E-state index contributed by atoms with van der Waals surface area (Å²) in [5.74, 6) is 0.617. The average Bonchev–Trinajstić information content (AvgIpc) is 2.78. The largest absolute Gasteiger partial charge is 0.497 e. The summed E-state index contributed by atoms with van der Waals surface area (Å²) in [4.78, 5) is 15.5. The van der Waals surface area contributed by atoms with E-state index in [1.54, 1.807) is 43.5 Å². The molecule has 6 heteroatoms. The second-order valence-corrected chi connectivity index (χ2v) is 5.03. The highest BCUT2D eigenvalue weighted by atomic mass is 32.1. The fourth-order valence-corrected chi connectivity index (χ4v) is 2.55. The summed E-state index contributed by atoms with van der Waals surface area (Å²) >= 11 is 5.28. The quantitative estimate of drug-likeness (QED) is 0.883. The molecular formula is C16H13N3O2S. The number of benzene rings is 2. The van der Waals surface area contributed by atoms with Crippen molar-refractivity contribution < 1.29 is 9.53 Å². The van der Waals surface area contributed by atoms with E-state index in [1.165, 1.54) is 9.80 Å². The summed E-state index contributed by atoms with van der Waals surface area (Å²) < 4.78 is 5.17. The maximum Gasteiger partial charge on any atom is 0.340 e. The van der Waals surface area contributed by atoms with Gasteiger partial charge in [0, 0.05) is 6.07 Å². The van der Waals surface area contributed by atoms with E-state index in [0.29, 0.717) is 17.1 Å². The van der Waals surface area contributed by atoms with Gasteiger partial charge in [0.2, 0.25) is 0 Å². The van der Waals surface area contributed by atoms with Gasteiger partial charge in [-0.3, -0.25) is 5.41 Å². The Balaban J connectivity index is 2.02. The smallest absolute Gasteiger partial charge is 0.340 e. The summed E-state index contributed by atoms with van der Waals surface area (Å²) in [7, 11) is 1.56. The van der Waals surface area contributed by atoms with Crippen molar-refractivity contribution in [1.29, 1.82) is 5.41 Å². The highest BCUT2D eigenvalue weighted by Crippen LogP contribution is 2.29. The van der Waals surface area contributed by atoms with E-state index in [-0.39, 0.29) is 16.9 Å². The van der Waals surface area contributed by atoms with Crippen molar-refractivity contribution in [2.45, 2.75) is 0 Å². The molecule has 0 radical (unpaired) electrons. The number of carbonyl (C=O) groups is 1. The van der Waals surface area contributed by atoms with Crippen molar-refractivity contribution in [1.82, 2.24) is 0 Å². The van der Waals surface area contributed by atoms with Crippen LogP contribution in [0.3, 0.4) is 0 Å². The van der Waals surface area contributed by atoms with E-state index in [1.807, 2.05) is 18.2 Å². The van der Waals surface area contributed by atoms with Gasteiger partial charge in [0.1, 0.15) is 5.75 Å². The van der Waals surface area contributed by atoms with Crippen molar-refractivity contribution in [2.75, 3.05) is 16.9 Å². The standard InChI is InChI=1S/C16H13N3O2S/c1-21-13-9-5-8-12(10-13)19-15(22)14(17)18(16(19)20)11-6-3-2-4-7-11/h2-10,17H,1H3. The molecule has 2 aromatic rings. The van der Waals surface area contributed by atoms with Crippen LogP contribution in [0.4, 0.5) is 16.2 Å². The number of hydrogen-bond donors (Lipinski definition) is 1. The number of carbonyl (C=O) groups excluding carboxylic acids is 1. The molecule has 1 saturated heterocycles. The Kier molecular flexibility index (Phi) is 3.60. The van der Waals surface area contributed by atoms with Gasteiger partial charge in [-0.25, -0.2) is 14.6 Å². The van der Waals surface area contributed by atoms with Gasteiger partial charge in [-0.1, -0.05) is 36.5 Å². The van der Waals surface area contributed by atoms with Crippen LogP contribution in [-0.4, -0.2) is 24.0 Å². The summed E-state index contributed by atoms with van der Waals surface area (Å²) in [5, 5.41) is 8.15. The monoisotopic (exact) mass is 311 g/mol. The van der Waals surface area contributed by atoms with Gasteiger partial charge in [0.05, 0.1) is 18.5 Å². The van der Waals surface area contributed by atoms with E-state index < -0.39 is 0 Å². The van der Waals surface area contributed by atoms with Gasteiger partial charge in [0.15, 0.2) is 10.8 Å². The molecule has 0 spiro atoms. The molecular weight excluding hydrogens is 298 g/mol. The third kappa shape index (κ3) is 2.23. The van der Waals surface area contributed by atoms with Crippen LogP contribution in [0.15, 0.2) is 54.6 Å². The van der Waals surface area contributed by atoms with Gasteiger partial charge in [-0.05, 0) is 24.3 Å². The fraction of sp³-hybridized carbons (Fsp3) is 0.0625. The Morgan fingerprint density at radius 2 is 1.68 bits per heavy atom. The van der Waals surface area contributed by atoms with Gasteiger partial charge in [-0.2, -0.15) is 0 Å². The van der Waals surface area contributed by atoms with Crippen molar-refractivity contribution >= 4 is 40.4 Å². The fourth-order valence-electron chi connectivity index (χ4n) is 2.28. The molecule has 0 saturated carbocycles. The normalized spacial score (nSPS) is 14.7. The highest BCUT2D eigenvalue weighted by molar-refractivity contribution is 7.82. The molecule has 2 amide bonds. The first-order valence-electron chi connectivity index (χ1n) is 6.59. The molecule has 5 nitrogen and oxygen atoms in total. The van der Waals surface area contributed by atoms with Crippen LogP contribution in [0.5, 0.6) is 5.75 Å². The molecule has 110 valence electrons. The third-order valence-corrected chi connectivity index (χ3v) is 3.71. The molecule has 0 unspecified atom stereocenters. The van der Waals surface area contributed by atoms with Gasteiger partial charge < -0.3 is 4.74 Å². The molecule has 22 heavy (non-hydrogen) atoms. The molecule has 0 atom stereocenters. The number of amidine groups is 1. The number of nitrogens with zero attached hydrogens (tertiary/aromatic N) is 2. The lowest BCUT2D eigenvalue weighted by Crippen LogP contribution is -2.33. The number of hydrogen-bond acceptors (Lipinski definition) is 4. The highest BCUT2D eigenvalue weighted by Gasteiger charge is 2.40. The van der Waals surface area contributed by atoms with Crippen molar-refractivity contribution in [2.24, 2.45) is 0 Å². The van der Waals surface area contributed by atoms with Crippen molar-refractivity contribution in [3.05, 3.63) is 54.6 Å². The topological polar surface area (TPSA) is 56.6 Å². The minimum absolute atomic E-state index is 0.00554. The SMILES string of the molecule is COc1cccc(N2C(=O)N(c3ccccc3)C(=N)C2=S)c1.